The molecule has 106 valence electrons. The van der Waals surface area contributed by atoms with Crippen LogP contribution in [-0.2, 0) is 0 Å². The van der Waals surface area contributed by atoms with Gasteiger partial charge >= 0.3 is 0 Å². The number of aromatic nitrogens is 2. The molecule has 1 unspecified atom stereocenters. The molecule has 19 heavy (non-hydrogen) atoms. The Balaban J connectivity index is 2.14. The number of rotatable bonds is 4. The second-order valence-electron chi connectivity index (χ2n) is 5.02. The van der Waals surface area contributed by atoms with E-state index in [0.29, 0.717) is 25.9 Å². The van der Waals surface area contributed by atoms with Gasteiger partial charge in [0.25, 0.3) is 11.8 Å². The second kappa shape index (κ2) is 5.22. The summed E-state index contributed by atoms with van der Waals surface area (Å²) >= 11 is 0. The molecule has 7 heteroatoms. The van der Waals surface area contributed by atoms with Gasteiger partial charge in [0, 0.05) is 20.0 Å². The zero-order valence-electron chi connectivity index (χ0n) is 10.9. The molecule has 1 aromatic heterocycles. The molecule has 1 fully saturated rings. The van der Waals surface area contributed by atoms with Gasteiger partial charge in [-0.05, 0) is 12.3 Å². The Morgan fingerprint density at radius 2 is 2.21 bits per heavy atom. The zero-order valence-corrected chi connectivity index (χ0v) is 10.9. The lowest BCUT2D eigenvalue weighted by Crippen LogP contribution is -2.24. The highest BCUT2D eigenvalue weighted by atomic mass is 19.3. The maximum atomic E-state index is 14.1. The zero-order chi connectivity index (χ0) is 14.0. The van der Waals surface area contributed by atoms with Crippen molar-refractivity contribution in [1.82, 2.24) is 9.97 Å². The Hall–Kier alpha value is -1.53. The number of nitrogens with zero attached hydrogens (tertiary/aromatic N) is 3. The largest absolute Gasteiger partial charge is 0.469 e. The third kappa shape index (κ3) is 3.48. The van der Waals surface area contributed by atoms with Crippen LogP contribution in [-0.4, -0.2) is 35.6 Å². The van der Waals surface area contributed by atoms with E-state index in [1.165, 1.54) is 0 Å². The molecule has 0 saturated carbocycles. The van der Waals surface area contributed by atoms with Crippen molar-refractivity contribution in [3.05, 3.63) is 12.1 Å². The van der Waals surface area contributed by atoms with Crippen LogP contribution in [0.25, 0.3) is 0 Å². The quantitative estimate of drug-likeness (QED) is 0.846. The minimum Gasteiger partial charge on any atom is -0.469 e. The van der Waals surface area contributed by atoms with E-state index >= 15 is 0 Å². The summed E-state index contributed by atoms with van der Waals surface area (Å²) in [6.07, 6.45) is 2.08. The highest BCUT2D eigenvalue weighted by molar-refractivity contribution is 5.43. The van der Waals surface area contributed by atoms with E-state index in [2.05, 4.69) is 16.9 Å². The Bertz CT molecular complexity index is 450. The second-order valence-corrected chi connectivity index (χ2v) is 5.02. The van der Waals surface area contributed by atoms with Crippen LogP contribution in [0.4, 0.5) is 19.0 Å². The summed E-state index contributed by atoms with van der Waals surface area (Å²) in [6.45, 7) is 3.25. The lowest BCUT2D eigenvalue weighted by Gasteiger charge is -2.18. The van der Waals surface area contributed by atoms with Crippen molar-refractivity contribution in [1.29, 1.82) is 0 Å². The van der Waals surface area contributed by atoms with Crippen molar-refractivity contribution >= 4 is 5.82 Å². The van der Waals surface area contributed by atoms with Gasteiger partial charge in [-0.3, -0.25) is 0 Å². The van der Waals surface area contributed by atoms with Gasteiger partial charge in [-0.2, -0.15) is 9.37 Å². The Labute approximate surface area is 109 Å². The molecule has 1 aromatic rings. The topological polar surface area (TPSA) is 38.2 Å². The monoisotopic (exact) mass is 275 g/mol. The highest BCUT2D eigenvalue weighted by Crippen LogP contribution is 2.28. The van der Waals surface area contributed by atoms with Gasteiger partial charge in [0.15, 0.2) is 12.4 Å². The Morgan fingerprint density at radius 1 is 1.47 bits per heavy atom. The number of hydrogen-bond acceptors (Lipinski definition) is 4. The summed E-state index contributed by atoms with van der Waals surface area (Å²) < 4.78 is 44.2. The average molecular weight is 275 g/mol. The highest BCUT2D eigenvalue weighted by Gasteiger charge is 2.27. The number of hydrogen-bond donors (Lipinski definition) is 0. The van der Waals surface area contributed by atoms with E-state index in [-0.39, 0.29) is 5.82 Å². The maximum absolute atomic E-state index is 14.1. The first kappa shape index (κ1) is 13.9. The maximum Gasteiger partial charge on any atom is 0.278 e. The van der Waals surface area contributed by atoms with Crippen LogP contribution in [0.15, 0.2) is 6.33 Å². The number of halogens is 3. The number of alkyl halides is 2. The van der Waals surface area contributed by atoms with Crippen molar-refractivity contribution < 1.29 is 17.9 Å². The van der Waals surface area contributed by atoms with Gasteiger partial charge in [-0.15, -0.1) is 0 Å². The first-order valence-corrected chi connectivity index (χ1v) is 6.13. The van der Waals surface area contributed by atoms with Crippen molar-refractivity contribution in [3.63, 3.8) is 0 Å². The normalized spacial score (nSPS) is 19.8. The Morgan fingerprint density at radius 3 is 2.79 bits per heavy atom. The van der Waals surface area contributed by atoms with Crippen LogP contribution in [0, 0.1) is 11.7 Å². The summed E-state index contributed by atoms with van der Waals surface area (Å²) in [7, 11) is 0. The smallest absolute Gasteiger partial charge is 0.278 e. The summed E-state index contributed by atoms with van der Waals surface area (Å²) in [6, 6.07) is 0. The van der Waals surface area contributed by atoms with Gasteiger partial charge in [0.1, 0.15) is 6.33 Å². The van der Waals surface area contributed by atoms with Crippen molar-refractivity contribution in [2.75, 3.05) is 24.6 Å². The van der Waals surface area contributed by atoms with E-state index < -0.39 is 24.2 Å². The predicted octanol–water partition coefficient (Wildman–Crippen LogP) is 2.50. The fraction of sp³-hybridized carbons (Fsp3) is 0.667. The van der Waals surface area contributed by atoms with Gasteiger partial charge in [-0.1, -0.05) is 6.92 Å². The molecule has 2 heterocycles. The van der Waals surface area contributed by atoms with Crippen LogP contribution in [0.3, 0.4) is 0 Å². The van der Waals surface area contributed by atoms with Gasteiger partial charge in [-0.25, -0.2) is 13.8 Å². The molecule has 1 atom stereocenters. The van der Waals surface area contributed by atoms with E-state index in [1.54, 1.807) is 4.90 Å². The van der Waals surface area contributed by atoms with E-state index in [9.17, 15) is 13.2 Å². The molecule has 1 aliphatic heterocycles. The van der Waals surface area contributed by atoms with Crippen molar-refractivity contribution in [2.45, 2.75) is 26.2 Å². The molecule has 0 amide bonds. The van der Waals surface area contributed by atoms with Gasteiger partial charge in [0.2, 0.25) is 5.82 Å². The molecule has 0 aromatic carbocycles. The molecule has 1 aliphatic rings. The minimum atomic E-state index is -3.03. The molecule has 0 spiro atoms. The minimum absolute atomic E-state index is 0.119. The predicted molar refractivity (Wildman–Crippen MR) is 64.1 cm³/mol. The fourth-order valence-electron chi connectivity index (χ4n) is 1.99. The molecular formula is C12H16F3N3O. The number of anilines is 1. The average Bonchev–Trinajstić information content (AvgIpc) is 2.73. The summed E-state index contributed by atoms with van der Waals surface area (Å²) in [4.78, 5) is 9.21. The number of ether oxygens (including phenoxy) is 1. The first-order chi connectivity index (χ1) is 8.87. The summed E-state index contributed by atoms with van der Waals surface area (Å²) in [5.74, 6) is -3.65. The molecule has 0 aliphatic carbocycles. The lowest BCUT2D eigenvalue weighted by molar-refractivity contribution is -0.0253. The van der Waals surface area contributed by atoms with Crippen LogP contribution < -0.4 is 9.64 Å². The molecule has 0 bridgehead atoms. The summed E-state index contributed by atoms with van der Waals surface area (Å²) in [5, 5.41) is 0. The SMILES string of the molecule is CC1CCN(c2ncnc(OCC(C)(F)F)c2F)C1. The summed E-state index contributed by atoms with van der Waals surface area (Å²) in [5.41, 5.74) is 0. The van der Waals surface area contributed by atoms with E-state index in [1.807, 2.05) is 0 Å². The third-order valence-corrected chi connectivity index (χ3v) is 2.92. The van der Waals surface area contributed by atoms with E-state index in [0.717, 1.165) is 12.7 Å². The van der Waals surface area contributed by atoms with Crippen LogP contribution in [0.1, 0.15) is 20.3 Å². The molecule has 4 nitrogen and oxygen atoms in total. The van der Waals surface area contributed by atoms with Crippen LogP contribution in [0.2, 0.25) is 0 Å². The molecule has 0 N–H and O–H groups in total. The van der Waals surface area contributed by atoms with Crippen molar-refractivity contribution in [3.8, 4) is 5.88 Å². The molecule has 0 radical (unpaired) electrons. The van der Waals surface area contributed by atoms with Crippen molar-refractivity contribution in [2.24, 2.45) is 5.92 Å². The molecule has 1 saturated heterocycles. The molecular weight excluding hydrogens is 259 g/mol. The lowest BCUT2D eigenvalue weighted by atomic mass is 10.2. The van der Waals surface area contributed by atoms with Gasteiger partial charge < -0.3 is 9.64 Å². The fourth-order valence-corrected chi connectivity index (χ4v) is 1.99. The van der Waals surface area contributed by atoms with Crippen LogP contribution in [0.5, 0.6) is 5.88 Å². The Kier molecular flexibility index (Phi) is 3.82. The van der Waals surface area contributed by atoms with E-state index in [4.69, 9.17) is 4.74 Å². The van der Waals surface area contributed by atoms with Crippen LogP contribution >= 0.6 is 0 Å². The standard InChI is InChI=1S/C12H16F3N3O/c1-8-3-4-18(5-8)10-9(13)11(17-7-16-10)19-6-12(2,14)15/h7-8H,3-6H2,1-2H3. The third-order valence-electron chi connectivity index (χ3n) is 2.92. The van der Waals surface area contributed by atoms with Gasteiger partial charge in [0.05, 0.1) is 0 Å². The molecule has 2 rings (SSSR count). The first-order valence-electron chi connectivity index (χ1n) is 6.13.